The van der Waals surface area contributed by atoms with Crippen LogP contribution in [-0.4, -0.2) is 20.5 Å². The Morgan fingerprint density at radius 1 is 0.788 bits per heavy atom. The van der Waals surface area contributed by atoms with Crippen LogP contribution in [0.5, 0.6) is 5.75 Å². The lowest BCUT2D eigenvalue weighted by Gasteiger charge is -2.10. The van der Waals surface area contributed by atoms with E-state index in [1.807, 2.05) is 73.7 Å². The molecule has 0 atom stereocenters. The molecule has 2 aromatic heterocycles. The first kappa shape index (κ1) is 19.5. The van der Waals surface area contributed by atoms with Gasteiger partial charge in [-0.15, -0.1) is 10.2 Å². The van der Waals surface area contributed by atoms with Crippen LogP contribution in [0.4, 0.5) is 0 Å². The summed E-state index contributed by atoms with van der Waals surface area (Å²) in [5.41, 5.74) is 5.07. The maximum Gasteiger partial charge on any atom is 0.247 e. The number of aryl methyl sites for hydroxylation is 1. The van der Waals surface area contributed by atoms with Crippen LogP contribution in [0.2, 0.25) is 0 Å². The highest BCUT2D eigenvalue weighted by Crippen LogP contribution is 2.57. The minimum Gasteiger partial charge on any atom is -0.508 e. The number of phenolic OH excluding ortho intramolecular Hbond substituents is 1. The summed E-state index contributed by atoms with van der Waals surface area (Å²) in [6, 6.07) is 25.1. The Bertz CT molecular complexity index is 1410. The smallest absolute Gasteiger partial charge is 0.247 e. The fourth-order valence-corrected chi connectivity index (χ4v) is 4.20. The van der Waals surface area contributed by atoms with Crippen molar-refractivity contribution in [2.75, 3.05) is 0 Å². The second-order valence-electron chi connectivity index (χ2n) is 8.51. The standard InChI is InChI=1S/C27H21N3O3/c1-17-7-9-20(10-8-17)25-28-29-26(32-25)27(15-16-27)24-22(18-5-3-2-4-6-18)23(30-33-24)19-11-13-21(31)14-12-19/h2-14,31H,15-16H2,1H3. The monoisotopic (exact) mass is 435 g/mol. The molecule has 6 rings (SSSR count). The highest BCUT2D eigenvalue weighted by molar-refractivity contribution is 5.83. The van der Waals surface area contributed by atoms with E-state index >= 15 is 0 Å². The lowest BCUT2D eigenvalue weighted by atomic mass is 9.92. The summed E-state index contributed by atoms with van der Waals surface area (Å²) in [4.78, 5) is 0. The van der Waals surface area contributed by atoms with Gasteiger partial charge in [-0.2, -0.15) is 0 Å². The van der Waals surface area contributed by atoms with Crippen molar-refractivity contribution in [2.45, 2.75) is 25.2 Å². The number of hydrogen-bond acceptors (Lipinski definition) is 6. The zero-order valence-electron chi connectivity index (χ0n) is 18.0. The Hall–Kier alpha value is -4.19. The van der Waals surface area contributed by atoms with Crippen LogP contribution in [0, 0.1) is 6.92 Å². The summed E-state index contributed by atoms with van der Waals surface area (Å²) in [5, 5.41) is 22.9. The van der Waals surface area contributed by atoms with Crippen molar-refractivity contribution in [3.8, 4) is 39.6 Å². The second kappa shape index (κ2) is 7.45. The van der Waals surface area contributed by atoms with E-state index in [1.165, 1.54) is 5.56 Å². The average Bonchev–Trinajstić information content (AvgIpc) is 3.28. The number of aromatic nitrogens is 3. The van der Waals surface area contributed by atoms with Gasteiger partial charge in [-0.05, 0) is 61.7 Å². The predicted molar refractivity (Wildman–Crippen MR) is 124 cm³/mol. The zero-order valence-corrected chi connectivity index (χ0v) is 18.0. The van der Waals surface area contributed by atoms with Crippen molar-refractivity contribution >= 4 is 0 Å². The summed E-state index contributed by atoms with van der Waals surface area (Å²) < 4.78 is 12.2. The lowest BCUT2D eigenvalue weighted by Crippen LogP contribution is -2.09. The second-order valence-corrected chi connectivity index (χ2v) is 8.51. The van der Waals surface area contributed by atoms with Crippen molar-refractivity contribution < 1.29 is 14.0 Å². The molecule has 162 valence electrons. The van der Waals surface area contributed by atoms with E-state index in [0.29, 0.717) is 11.8 Å². The van der Waals surface area contributed by atoms with Crippen LogP contribution in [0.1, 0.15) is 30.1 Å². The maximum absolute atomic E-state index is 9.72. The molecule has 1 N–H and O–H groups in total. The van der Waals surface area contributed by atoms with Gasteiger partial charge in [-0.1, -0.05) is 53.2 Å². The molecule has 0 bridgehead atoms. The Kier molecular flexibility index (Phi) is 4.40. The summed E-state index contributed by atoms with van der Waals surface area (Å²) in [7, 11) is 0. The van der Waals surface area contributed by atoms with Crippen LogP contribution in [-0.2, 0) is 5.41 Å². The van der Waals surface area contributed by atoms with Crippen LogP contribution in [0.3, 0.4) is 0 Å². The molecule has 3 aromatic carbocycles. The summed E-state index contributed by atoms with van der Waals surface area (Å²) in [6.07, 6.45) is 1.68. The van der Waals surface area contributed by atoms with Gasteiger partial charge in [0.2, 0.25) is 11.8 Å². The van der Waals surface area contributed by atoms with Crippen molar-refractivity contribution in [1.29, 1.82) is 0 Å². The molecule has 0 radical (unpaired) electrons. The molecule has 2 heterocycles. The van der Waals surface area contributed by atoms with E-state index in [9.17, 15) is 5.11 Å². The number of phenols is 1. The van der Waals surface area contributed by atoms with E-state index in [1.54, 1.807) is 12.1 Å². The van der Waals surface area contributed by atoms with Gasteiger partial charge in [0, 0.05) is 11.1 Å². The van der Waals surface area contributed by atoms with E-state index in [2.05, 4.69) is 15.4 Å². The zero-order chi connectivity index (χ0) is 22.4. The molecule has 0 amide bonds. The first-order valence-electron chi connectivity index (χ1n) is 10.9. The number of nitrogens with zero attached hydrogens (tertiary/aromatic N) is 3. The Morgan fingerprint density at radius 2 is 1.48 bits per heavy atom. The molecule has 6 nitrogen and oxygen atoms in total. The van der Waals surface area contributed by atoms with Crippen molar-refractivity contribution in [3.05, 3.63) is 96.1 Å². The van der Waals surface area contributed by atoms with E-state index < -0.39 is 5.41 Å². The van der Waals surface area contributed by atoms with E-state index in [4.69, 9.17) is 8.94 Å². The van der Waals surface area contributed by atoms with Gasteiger partial charge in [0.05, 0.1) is 5.56 Å². The first-order valence-corrected chi connectivity index (χ1v) is 10.9. The molecule has 6 heteroatoms. The van der Waals surface area contributed by atoms with Crippen LogP contribution in [0.15, 0.2) is 87.8 Å². The van der Waals surface area contributed by atoms with Gasteiger partial charge in [0.15, 0.2) is 5.76 Å². The van der Waals surface area contributed by atoms with Gasteiger partial charge < -0.3 is 14.0 Å². The fourth-order valence-electron chi connectivity index (χ4n) is 4.20. The predicted octanol–water partition coefficient (Wildman–Crippen LogP) is 6.15. The minimum atomic E-state index is -0.497. The molecule has 0 saturated heterocycles. The van der Waals surface area contributed by atoms with Crippen LogP contribution in [0.25, 0.3) is 33.8 Å². The molecule has 0 spiro atoms. The van der Waals surface area contributed by atoms with Gasteiger partial charge in [0.25, 0.3) is 0 Å². The number of benzene rings is 3. The average molecular weight is 435 g/mol. The third-order valence-corrected chi connectivity index (χ3v) is 6.21. The molecule has 5 aromatic rings. The SMILES string of the molecule is Cc1ccc(-c2nnc(C3(c4onc(-c5ccc(O)cc5)c4-c4ccccc4)CC3)o2)cc1. The van der Waals surface area contributed by atoms with Gasteiger partial charge in [-0.25, -0.2) is 0 Å². The molecule has 1 saturated carbocycles. The molecular formula is C27H21N3O3. The maximum atomic E-state index is 9.72. The van der Waals surface area contributed by atoms with E-state index in [-0.39, 0.29) is 5.75 Å². The third kappa shape index (κ3) is 3.31. The Balaban J connectivity index is 1.47. The number of hydrogen-bond donors (Lipinski definition) is 1. The largest absolute Gasteiger partial charge is 0.508 e. The number of rotatable bonds is 5. The molecule has 1 fully saturated rings. The summed E-state index contributed by atoms with van der Waals surface area (Å²) in [6.45, 7) is 2.04. The van der Waals surface area contributed by atoms with Gasteiger partial charge >= 0.3 is 0 Å². The molecule has 33 heavy (non-hydrogen) atoms. The van der Waals surface area contributed by atoms with Crippen molar-refractivity contribution in [3.63, 3.8) is 0 Å². The Morgan fingerprint density at radius 3 is 2.18 bits per heavy atom. The van der Waals surface area contributed by atoms with Crippen molar-refractivity contribution in [2.24, 2.45) is 0 Å². The fraction of sp³-hybridized carbons (Fsp3) is 0.148. The van der Waals surface area contributed by atoms with Gasteiger partial charge in [-0.3, -0.25) is 0 Å². The van der Waals surface area contributed by atoms with Gasteiger partial charge in [0.1, 0.15) is 16.9 Å². The van der Waals surface area contributed by atoms with Crippen LogP contribution < -0.4 is 0 Å². The van der Waals surface area contributed by atoms with Crippen LogP contribution >= 0.6 is 0 Å². The summed E-state index contributed by atoms with van der Waals surface area (Å²) >= 11 is 0. The van der Waals surface area contributed by atoms with Crippen molar-refractivity contribution in [1.82, 2.24) is 15.4 Å². The molecule has 1 aliphatic carbocycles. The normalized spacial score (nSPS) is 14.3. The lowest BCUT2D eigenvalue weighted by molar-refractivity contribution is 0.345. The first-order chi connectivity index (χ1) is 16.1. The highest BCUT2D eigenvalue weighted by Gasteiger charge is 2.56. The Labute approximate surface area is 190 Å². The molecule has 1 aliphatic rings. The third-order valence-electron chi connectivity index (χ3n) is 6.21. The van der Waals surface area contributed by atoms with E-state index in [0.717, 1.165) is 46.5 Å². The molecule has 0 aliphatic heterocycles. The highest BCUT2D eigenvalue weighted by atomic mass is 16.5. The quantitative estimate of drug-likeness (QED) is 0.356. The minimum absolute atomic E-state index is 0.205. The summed E-state index contributed by atoms with van der Waals surface area (Å²) in [5.74, 6) is 1.98. The number of aromatic hydroxyl groups is 1. The topological polar surface area (TPSA) is 85.2 Å². The molecular weight excluding hydrogens is 414 g/mol. The molecule has 0 unspecified atom stereocenters.